The first-order valence-electron chi connectivity index (χ1n) is 6.43. The zero-order valence-corrected chi connectivity index (χ0v) is 13.4. The molecule has 18 heavy (non-hydrogen) atoms. The van der Waals surface area contributed by atoms with E-state index in [1.54, 1.807) is 4.31 Å². The lowest BCUT2D eigenvalue weighted by Crippen LogP contribution is -2.62. The van der Waals surface area contributed by atoms with Gasteiger partial charge in [-0.2, -0.15) is 4.31 Å². The molecule has 0 radical (unpaired) electrons. The van der Waals surface area contributed by atoms with E-state index in [1.807, 2.05) is 0 Å². The number of rotatable bonds is 3. The van der Waals surface area contributed by atoms with Crippen LogP contribution in [0.5, 0.6) is 0 Å². The largest absolute Gasteiger partial charge is 0.298 e. The summed E-state index contributed by atoms with van der Waals surface area (Å²) in [4.78, 5) is 4.78. The highest BCUT2D eigenvalue weighted by molar-refractivity contribution is 7.88. The normalized spacial score (nSPS) is 32.1. The molecular weight excluding hydrogens is 269 g/mol. The van der Waals surface area contributed by atoms with E-state index in [0.29, 0.717) is 19.3 Å². The molecule has 0 aromatic carbocycles. The van der Waals surface area contributed by atoms with E-state index in [0.717, 1.165) is 25.8 Å². The van der Waals surface area contributed by atoms with Crippen LogP contribution in [-0.2, 0) is 10.0 Å². The van der Waals surface area contributed by atoms with Crippen molar-refractivity contribution in [3.8, 4) is 0 Å². The number of nitrogens with zero attached hydrogens (tertiary/aromatic N) is 3. The predicted octanol–water partition coefficient (Wildman–Crippen LogP) is -0.141. The van der Waals surface area contributed by atoms with Crippen LogP contribution in [0.4, 0.5) is 0 Å². The molecule has 0 spiro atoms. The Hall–Kier alpha value is 0.260. The standard InChI is InChI=1S/C11H24N3O2PS/c1-10(2)12-4-5-13-9-14(18(3,15)16)7-11(13,6-12)8-17/h10H,4-9,17H2,1-3H3. The molecule has 0 N–H and O–H groups in total. The molecule has 0 aliphatic carbocycles. The summed E-state index contributed by atoms with van der Waals surface area (Å²) < 4.78 is 25.1. The average Bonchev–Trinajstić information content (AvgIpc) is 2.67. The number of hydrogen-bond donors (Lipinski definition) is 0. The molecule has 2 atom stereocenters. The quantitative estimate of drug-likeness (QED) is 0.679. The Morgan fingerprint density at radius 2 is 1.94 bits per heavy atom. The summed E-state index contributed by atoms with van der Waals surface area (Å²) in [5.74, 6) is 0. The molecule has 5 nitrogen and oxygen atoms in total. The van der Waals surface area contributed by atoms with Gasteiger partial charge in [-0.25, -0.2) is 8.42 Å². The van der Waals surface area contributed by atoms with Crippen LogP contribution < -0.4 is 0 Å². The Kier molecular flexibility index (Phi) is 4.06. The van der Waals surface area contributed by atoms with E-state index in [-0.39, 0.29) is 5.54 Å². The van der Waals surface area contributed by atoms with Crippen molar-refractivity contribution in [2.24, 2.45) is 0 Å². The van der Waals surface area contributed by atoms with Crippen molar-refractivity contribution in [1.29, 1.82) is 0 Å². The first-order chi connectivity index (χ1) is 8.28. The second kappa shape index (κ2) is 4.98. The molecule has 2 rings (SSSR count). The van der Waals surface area contributed by atoms with E-state index in [1.165, 1.54) is 6.26 Å². The van der Waals surface area contributed by atoms with Crippen LogP contribution in [0.1, 0.15) is 13.8 Å². The predicted molar refractivity (Wildman–Crippen MR) is 77.1 cm³/mol. The van der Waals surface area contributed by atoms with Crippen LogP contribution in [-0.4, -0.2) is 79.4 Å². The van der Waals surface area contributed by atoms with Crippen molar-refractivity contribution in [1.82, 2.24) is 14.1 Å². The molecule has 0 aromatic rings. The van der Waals surface area contributed by atoms with Crippen LogP contribution >= 0.6 is 9.24 Å². The van der Waals surface area contributed by atoms with Gasteiger partial charge in [-0.05, 0) is 20.0 Å². The fourth-order valence-electron chi connectivity index (χ4n) is 2.90. The SMILES string of the molecule is CC(C)N1CCN2CN(S(C)(=O)=O)CC2(CP)C1. The summed E-state index contributed by atoms with van der Waals surface area (Å²) in [5, 5.41) is 0. The van der Waals surface area contributed by atoms with Crippen LogP contribution in [0.2, 0.25) is 0 Å². The third kappa shape index (κ3) is 2.59. The van der Waals surface area contributed by atoms with Crippen molar-refractivity contribution in [2.45, 2.75) is 25.4 Å². The topological polar surface area (TPSA) is 43.9 Å². The Morgan fingerprint density at radius 3 is 2.44 bits per heavy atom. The molecule has 0 amide bonds. The highest BCUT2D eigenvalue weighted by Crippen LogP contribution is 2.32. The molecule has 106 valence electrons. The van der Waals surface area contributed by atoms with E-state index in [9.17, 15) is 8.42 Å². The van der Waals surface area contributed by atoms with Crippen LogP contribution in [0.25, 0.3) is 0 Å². The van der Waals surface area contributed by atoms with Gasteiger partial charge in [0.2, 0.25) is 10.0 Å². The molecule has 7 heteroatoms. The van der Waals surface area contributed by atoms with Gasteiger partial charge in [0, 0.05) is 32.2 Å². The summed E-state index contributed by atoms with van der Waals surface area (Å²) >= 11 is 0. The maximum atomic E-state index is 11.7. The monoisotopic (exact) mass is 293 g/mol. The number of hydrogen-bond acceptors (Lipinski definition) is 4. The molecule has 0 aromatic heterocycles. The molecule has 2 heterocycles. The minimum absolute atomic E-state index is 0.0176. The number of sulfonamides is 1. The van der Waals surface area contributed by atoms with Crippen molar-refractivity contribution >= 4 is 19.3 Å². The highest BCUT2D eigenvalue weighted by Gasteiger charge is 2.49. The van der Waals surface area contributed by atoms with E-state index >= 15 is 0 Å². The molecule has 2 aliphatic heterocycles. The molecule has 2 saturated heterocycles. The lowest BCUT2D eigenvalue weighted by atomic mass is 9.97. The Bertz CT molecular complexity index is 415. The van der Waals surface area contributed by atoms with Crippen molar-refractivity contribution in [3.05, 3.63) is 0 Å². The second-order valence-electron chi connectivity index (χ2n) is 5.77. The van der Waals surface area contributed by atoms with Crippen molar-refractivity contribution < 1.29 is 8.42 Å². The molecule has 2 fully saturated rings. The zero-order valence-electron chi connectivity index (χ0n) is 11.5. The summed E-state index contributed by atoms with van der Waals surface area (Å²) in [7, 11) is -0.282. The Labute approximate surface area is 113 Å². The first kappa shape index (κ1) is 14.7. The highest BCUT2D eigenvalue weighted by atomic mass is 32.2. The van der Waals surface area contributed by atoms with Gasteiger partial charge in [-0.15, -0.1) is 9.24 Å². The fourth-order valence-corrected chi connectivity index (χ4v) is 4.24. The summed E-state index contributed by atoms with van der Waals surface area (Å²) in [5.41, 5.74) is -0.0176. The maximum Gasteiger partial charge on any atom is 0.212 e. The van der Waals surface area contributed by atoms with Gasteiger partial charge in [0.25, 0.3) is 0 Å². The third-order valence-electron chi connectivity index (χ3n) is 4.20. The minimum atomic E-state index is -3.08. The molecule has 0 bridgehead atoms. The molecule has 2 aliphatic rings. The summed E-state index contributed by atoms with van der Waals surface area (Å²) in [6, 6.07) is 0.521. The summed E-state index contributed by atoms with van der Waals surface area (Å²) in [6.45, 7) is 8.53. The average molecular weight is 293 g/mol. The van der Waals surface area contributed by atoms with Gasteiger partial charge in [-0.1, -0.05) is 0 Å². The van der Waals surface area contributed by atoms with Crippen molar-refractivity contribution in [2.75, 3.05) is 45.3 Å². The third-order valence-corrected chi connectivity index (χ3v) is 6.15. The van der Waals surface area contributed by atoms with Gasteiger partial charge in [0.15, 0.2) is 0 Å². The van der Waals surface area contributed by atoms with Gasteiger partial charge < -0.3 is 0 Å². The smallest absolute Gasteiger partial charge is 0.212 e. The molecule has 0 saturated carbocycles. The van der Waals surface area contributed by atoms with Gasteiger partial charge in [-0.3, -0.25) is 9.80 Å². The van der Waals surface area contributed by atoms with Gasteiger partial charge in [0.05, 0.1) is 18.5 Å². The second-order valence-corrected chi connectivity index (χ2v) is 8.16. The van der Waals surface area contributed by atoms with E-state index < -0.39 is 10.0 Å². The van der Waals surface area contributed by atoms with E-state index in [4.69, 9.17) is 0 Å². The first-order valence-corrected chi connectivity index (χ1v) is 9.09. The Balaban J connectivity index is 2.20. The van der Waals surface area contributed by atoms with Crippen LogP contribution in [0, 0.1) is 0 Å². The van der Waals surface area contributed by atoms with E-state index in [2.05, 4.69) is 32.9 Å². The van der Waals surface area contributed by atoms with Crippen molar-refractivity contribution in [3.63, 3.8) is 0 Å². The van der Waals surface area contributed by atoms with Gasteiger partial charge >= 0.3 is 0 Å². The zero-order chi connectivity index (χ0) is 13.6. The fraction of sp³-hybridized carbons (Fsp3) is 1.00. The Morgan fingerprint density at radius 1 is 1.28 bits per heavy atom. The number of piperazine rings is 1. The minimum Gasteiger partial charge on any atom is -0.298 e. The lowest BCUT2D eigenvalue weighted by Gasteiger charge is -2.47. The molecule has 2 unspecified atom stereocenters. The molecular formula is C11H24N3O2PS. The lowest BCUT2D eigenvalue weighted by molar-refractivity contribution is 0.0327. The van der Waals surface area contributed by atoms with Crippen LogP contribution in [0.15, 0.2) is 0 Å². The van der Waals surface area contributed by atoms with Gasteiger partial charge in [0.1, 0.15) is 0 Å². The van der Waals surface area contributed by atoms with Crippen LogP contribution in [0.3, 0.4) is 0 Å². The maximum absolute atomic E-state index is 11.7. The number of fused-ring (bicyclic) bond motifs is 1. The summed E-state index contributed by atoms with van der Waals surface area (Å²) in [6.07, 6.45) is 2.23.